The van der Waals surface area contributed by atoms with E-state index in [2.05, 4.69) is 4.98 Å². The van der Waals surface area contributed by atoms with Gasteiger partial charge in [-0.1, -0.05) is 30.3 Å². The number of aliphatic carboxylic acids is 1. The smallest absolute Gasteiger partial charge is 0.305 e. The highest BCUT2D eigenvalue weighted by Crippen LogP contribution is 2.40. The van der Waals surface area contributed by atoms with E-state index < -0.39 is 12.0 Å². The maximum atomic E-state index is 13.6. The molecule has 0 saturated heterocycles. The van der Waals surface area contributed by atoms with Crippen molar-refractivity contribution in [2.75, 3.05) is 20.8 Å². The van der Waals surface area contributed by atoms with Crippen LogP contribution in [0.25, 0.3) is 28.4 Å². The molecular weight excluding hydrogens is 518 g/mol. The second kappa shape index (κ2) is 11.6. The molecule has 0 fully saturated rings. The first-order chi connectivity index (χ1) is 18.4. The number of aromatic nitrogens is 2. The normalized spacial score (nSPS) is 14.6. The first-order valence-corrected chi connectivity index (χ1v) is 12.4. The van der Waals surface area contributed by atoms with E-state index in [1.807, 2.05) is 66.2 Å². The van der Waals surface area contributed by atoms with E-state index >= 15 is 0 Å². The second-order valence-corrected chi connectivity index (χ2v) is 9.20. The summed E-state index contributed by atoms with van der Waals surface area (Å²) in [6.45, 7) is 0.395. The molecule has 2 aromatic carbocycles. The van der Waals surface area contributed by atoms with Crippen molar-refractivity contribution < 1.29 is 24.2 Å². The van der Waals surface area contributed by atoms with Gasteiger partial charge in [-0.2, -0.15) is 0 Å². The van der Waals surface area contributed by atoms with Crippen LogP contribution in [0.3, 0.4) is 0 Å². The molecule has 39 heavy (non-hydrogen) atoms. The lowest BCUT2D eigenvalue weighted by molar-refractivity contribution is -0.140. The Balaban J connectivity index is 0.00000353. The highest BCUT2D eigenvalue weighted by molar-refractivity contribution is 6.00. The van der Waals surface area contributed by atoms with Crippen LogP contribution in [0.1, 0.15) is 29.2 Å². The zero-order chi connectivity index (χ0) is 26.8. The fourth-order valence-corrected chi connectivity index (χ4v) is 5.33. The van der Waals surface area contributed by atoms with Crippen LogP contribution in [0.2, 0.25) is 0 Å². The van der Waals surface area contributed by atoms with Crippen molar-refractivity contribution in [2.24, 2.45) is 7.05 Å². The van der Waals surface area contributed by atoms with Gasteiger partial charge in [0.15, 0.2) is 11.5 Å². The molecule has 9 heteroatoms. The number of carboxylic acid groups (broad SMARTS) is 1. The van der Waals surface area contributed by atoms with Crippen LogP contribution < -0.4 is 9.47 Å². The van der Waals surface area contributed by atoms with Gasteiger partial charge in [-0.25, -0.2) is 4.98 Å². The molecule has 2 aromatic heterocycles. The van der Waals surface area contributed by atoms with Crippen LogP contribution in [0.5, 0.6) is 11.5 Å². The summed E-state index contributed by atoms with van der Waals surface area (Å²) in [7, 11) is 5.06. The van der Waals surface area contributed by atoms with Crippen LogP contribution in [0.4, 0.5) is 0 Å². The van der Waals surface area contributed by atoms with Crippen molar-refractivity contribution in [1.82, 2.24) is 14.5 Å². The van der Waals surface area contributed by atoms with Crippen molar-refractivity contribution in [1.29, 1.82) is 0 Å². The lowest BCUT2D eigenvalue weighted by Gasteiger charge is -2.36. The molecule has 1 atom stereocenters. The number of ether oxygens (including phenoxy) is 2. The van der Waals surface area contributed by atoms with Crippen molar-refractivity contribution in [3.05, 3.63) is 83.6 Å². The number of aryl methyl sites for hydroxylation is 1. The number of benzene rings is 2. The highest BCUT2D eigenvalue weighted by atomic mass is 35.5. The molecule has 0 saturated carbocycles. The summed E-state index contributed by atoms with van der Waals surface area (Å²) in [4.78, 5) is 31.6. The fraction of sp³-hybridized carbons (Fsp3) is 0.233. The summed E-state index contributed by atoms with van der Waals surface area (Å²) in [5.41, 5.74) is 5.37. The number of hydrogen-bond acceptors (Lipinski definition) is 5. The molecule has 0 aliphatic carbocycles. The Morgan fingerprint density at radius 1 is 1.08 bits per heavy atom. The summed E-state index contributed by atoms with van der Waals surface area (Å²) in [5, 5.41) is 10.6. The van der Waals surface area contributed by atoms with Crippen molar-refractivity contribution in [3.63, 3.8) is 0 Å². The number of fused-ring (bicyclic) bond motifs is 2. The molecule has 3 heterocycles. The lowest BCUT2D eigenvalue weighted by atomic mass is 9.90. The van der Waals surface area contributed by atoms with E-state index in [-0.39, 0.29) is 24.7 Å². The molecule has 8 nitrogen and oxygen atoms in total. The third-order valence-electron chi connectivity index (χ3n) is 7.08. The van der Waals surface area contributed by atoms with Gasteiger partial charge in [0.05, 0.1) is 32.4 Å². The number of methoxy groups -OCH3 is 2. The van der Waals surface area contributed by atoms with Gasteiger partial charge >= 0.3 is 5.97 Å². The third kappa shape index (κ3) is 5.20. The van der Waals surface area contributed by atoms with E-state index in [1.165, 1.54) is 13.2 Å². The molecule has 1 amide bonds. The Kier molecular flexibility index (Phi) is 8.26. The zero-order valence-corrected chi connectivity index (χ0v) is 22.8. The summed E-state index contributed by atoms with van der Waals surface area (Å²) in [6, 6.07) is 16.9. The number of hydrogen-bond donors (Lipinski definition) is 1. The van der Waals surface area contributed by atoms with Gasteiger partial charge in [-0.05, 0) is 53.5 Å². The Morgan fingerprint density at radius 2 is 1.79 bits per heavy atom. The van der Waals surface area contributed by atoms with Crippen LogP contribution in [-0.2, 0) is 23.1 Å². The molecule has 0 bridgehead atoms. The number of carbonyl (C=O) groups is 2. The van der Waals surface area contributed by atoms with E-state index in [0.717, 1.165) is 39.0 Å². The van der Waals surface area contributed by atoms with Crippen LogP contribution >= 0.6 is 12.4 Å². The Labute approximate surface area is 232 Å². The summed E-state index contributed by atoms with van der Waals surface area (Å²) in [6.07, 6.45) is 5.47. The minimum Gasteiger partial charge on any atom is -0.493 e. The number of rotatable bonds is 7. The number of halogens is 1. The topological polar surface area (TPSA) is 93.9 Å². The van der Waals surface area contributed by atoms with E-state index in [9.17, 15) is 14.7 Å². The van der Waals surface area contributed by atoms with Crippen LogP contribution in [0, 0.1) is 0 Å². The van der Waals surface area contributed by atoms with E-state index in [1.54, 1.807) is 24.3 Å². The van der Waals surface area contributed by atoms with E-state index in [0.29, 0.717) is 24.5 Å². The lowest BCUT2D eigenvalue weighted by Crippen LogP contribution is -2.40. The number of amides is 1. The van der Waals surface area contributed by atoms with Crippen molar-refractivity contribution >= 4 is 41.4 Å². The van der Waals surface area contributed by atoms with Crippen molar-refractivity contribution in [3.8, 4) is 22.8 Å². The van der Waals surface area contributed by atoms with Gasteiger partial charge < -0.3 is 24.0 Å². The Bertz CT molecular complexity index is 1550. The van der Waals surface area contributed by atoms with Gasteiger partial charge in [0.25, 0.3) is 0 Å². The number of pyridine rings is 1. The molecule has 1 N–H and O–H groups in total. The summed E-state index contributed by atoms with van der Waals surface area (Å²) in [5.74, 6) is -0.150. The third-order valence-corrected chi connectivity index (χ3v) is 7.08. The van der Waals surface area contributed by atoms with Crippen LogP contribution in [0.15, 0.2) is 66.9 Å². The molecule has 0 radical (unpaired) electrons. The van der Waals surface area contributed by atoms with Crippen LogP contribution in [-0.4, -0.2) is 52.2 Å². The predicted octanol–water partition coefficient (Wildman–Crippen LogP) is 5.29. The molecule has 4 aromatic rings. The molecule has 1 unspecified atom stereocenters. The van der Waals surface area contributed by atoms with Gasteiger partial charge in [0.1, 0.15) is 5.65 Å². The molecule has 1 aliphatic heterocycles. The average molecular weight is 548 g/mol. The number of nitrogens with zero attached hydrogens (tertiary/aromatic N) is 3. The molecule has 202 valence electrons. The molecular formula is C30H30ClN3O5. The molecule has 5 rings (SSSR count). The monoisotopic (exact) mass is 547 g/mol. The number of carbonyl (C=O) groups excluding carboxylic acids is 1. The fourth-order valence-electron chi connectivity index (χ4n) is 5.33. The number of carboxylic acids is 1. The first kappa shape index (κ1) is 27.7. The van der Waals surface area contributed by atoms with Gasteiger partial charge in [0.2, 0.25) is 5.91 Å². The average Bonchev–Trinajstić information content (AvgIpc) is 3.22. The van der Waals surface area contributed by atoms with Gasteiger partial charge in [-0.15, -0.1) is 12.4 Å². The first-order valence-electron chi connectivity index (χ1n) is 12.4. The highest BCUT2D eigenvalue weighted by Gasteiger charge is 2.33. The minimum atomic E-state index is -0.981. The predicted molar refractivity (Wildman–Crippen MR) is 152 cm³/mol. The van der Waals surface area contributed by atoms with Crippen molar-refractivity contribution in [2.45, 2.75) is 18.9 Å². The summed E-state index contributed by atoms with van der Waals surface area (Å²) >= 11 is 0. The maximum absolute atomic E-state index is 13.6. The molecule has 0 spiro atoms. The van der Waals surface area contributed by atoms with Gasteiger partial charge in [-0.3, -0.25) is 9.59 Å². The zero-order valence-electron chi connectivity index (χ0n) is 22.0. The largest absolute Gasteiger partial charge is 0.493 e. The van der Waals surface area contributed by atoms with E-state index in [4.69, 9.17) is 9.47 Å². The quantitative estimate of drug-likeness (QED) is 0.316. The Hall–Kier alpha value is -4.30. The SMILES string of the molecule is COc1cc2c(cc1OC)C(CC(=O)O)N(C(=O)C=Cc1c(-c3ccccc3)n(C)c3ncccc13)CC2.Cl. The Morgan fingerprint density at radius 3 is 2.49 bits per heavy atom. The molecule has 1 aliphatic rings. The minimum absolute atomic E-state index is 0. The second-order valence-electron chi connectivity index (χ2n) is 9.20. The standard InChI is InChI=1S/C30H29N3O5.ClH/c1-32-29(19-8-5-4-6-9-19)21(22-10-7-14-31-30(22)32)11-12-27(34)33-15-13-20-16-25(37-2)26(38-3)17-23(20)24(33)18-28(35)36;/h4-12,14,16-17,24H,13,15,18H2,1-3H3,(H,35,36);1H. The summed E-state index contributed by atoms with van der Waals surface area (Å²) < 4.78 is 12.9. The maximum Gasteiger partial charge on any atom is 0.305 e. The van der Waals surface area contributed by atoms with Gasteiger partial charge in [0, 0.05) is 36.8 Å².